The summed E-state index contributed by atoms with van der Waals surface area (Å²) in [6.45, 7) is 5.32. The number of ether oxygens (including phenoxy) is 2. The molecule has 1 saturated heterocycles. The fourth-order valence-corrected chi connectivity index (χ4v) is 3.45. The molecular formula is C25H27N3O3. The van der Waals surface area contributed by atoms with Crippen LogP contribution in [0.1, 0.15) is 12.5 Å². The lowest BCUT2D eigenvalue weighted by Gasteiger charge is -2.27. The van der Waals surface area contributed by atoms with Crippen molar-refractivity contribution in [2.75, 3.05) is 31.2 Å². The lowest BCUT2D eigenvalue weighted by molar-refractivity contribution is -0.127. The van der Waals surface area contributed by atoms with E-state index in [1.807, 2.05) is 54.6 Å². The highest BCUT2D eigenvalue weighted by molar-refractivity contribution is 5.80. The van der Waals surface area contributed by atoms with Gasteiger partial charge in [0.15, 0.2) is 6.10 Å². The Labute approximate surface area is 182 Å². The number of pyridine rings is 1. The minimum Gasteiger partial charge on any atom is -0.481 e. The van der Waals surface area contributed by atoms with Gasteiger partial charge in [-0.1, -0.05) is 48.5 Å². The maximum Gasteiger partial charge on any atom is 0.261 e. The molecule has 6 heteroatoms. The van der Waals surface area contributed by atoms with Gasteiger partial charge in [0, 0.05) is 25.8 Å². The van der Waals surface area contributed by atoms with Crippen LogP contribution in [-0.4, -0.2) is 43.3 Å². The van der Waals surface area contributed by atoms with E-state index in [9.17, 15) is 4.79 Å². The van der Waals surface area contributed by atoms with Gasteiger partial charge in [-0.05, 0) is 41.8 Å². The average Bonchev–Trinajstić information content (AvgIpc) is 2.84. The first-order valence-electron chi connectivity index (χ1n) is 10.6. The van der Waals surface area contributed by atoms with Crippen molar-refractivity contribution < 1.29 is 14.3 Å². The summed E-state index contributed by atoms with van der Waals surface area (Å²) in [5.41, 5.74) is 3.20. The number of nitrogens with one attached hydrogen (secondary N) is 1. The standard InChI is InChI=1S/C25H27N3O3/c1-19(31-23-10-8-22(9-11-23)21-5-3-2-4-6-21)25(29)27-18-20-7-12-24(26-17-20)28-13-15-30-16-14-28/h2-12,17,19H,13-16,18H2,1H3,(H,27,29). The van der Waals surface area contributed by atoms with Gasteiger partial charge < -0.3 is 19.7 Å². The number of anilines is 1. The molecule has 6 nitrogen and oxygen atoms in total. The molecule has 3 aromatic rings. The van der Waals surface area contributed by atoms with Crippen LogP contribution in [0.2, 0.25) is 0 Å². The molecule has 1 fully saturated rings. The zero-order valence-corrected chi connectivity index (χ0v) is 17.7. The van der Waals surface area contributed by atoms with Crippen LogP contribution in [0.4, 0.5) is 5.82 Å². The first-order valence-corrected chi connectivity index (χ1v) is 10.6. The van der Waals surface area contributed by atoms with Crippen LogP contribution in [0, 0.1) is 0 Å². The maximum absolute atomic E-state index is 12.4. The van der Waals surface area contributed by atoms with Gasteiger partial charge in [0.05, 0.1) is 13.2 Å². The first kappa shape index (κ1) is 20.9. The summed E-state index contributed by atoms with van der Waals surface area (Å²) in [4.78, 5) is 19.2. The highest BCUT2D eigenvalue weighted by Gasteiger charge is 2.15. The molecule has 1 atom stereocenters. The fourth-order valence-electron chi connectivity index (χ4n) is 3.45. The molecule has 1 aliphatic heterocycles. The zero-order valence-electron chi connectivity index (χ0n) is 17.7. The summed E-state index contributed by atoms with van der Waals surface area (Å²) in [7, 11) is 0. The highest BCUT2D eigenvalue weighted by atomic mass is 16.5. The summed E-state index contributed by atoms with van der Waals surface area (Å²) >= 11 is 0. The largest absolute Gasteiger partial charge is 0.481 e. The molecule has 1 amide bonds. The van der Waals surface area contributed by atoms with Crippen molar-refractivity contribution in [1.82, 2.24) is 10.3 Å². The van der Waals surface area contributed by atoms with Crippen LogP contribution in [0.3, 0.4) is 0 Å². The molecule has 0 bridgehead atoms. The van der Waals surface area contributed by atoms with E-state index >= 15 is 0 Å². The molecule has 1 unspecified atom stereocenters. The van der Waals surface area contributed by atoms with Gasteiger partial charge in [-0.15, -0.1) is 0 Å². The van der Waals surface area contributed by atoms with E-state index < -0.39 is 6.10 Å². The third kappa shape index (κ3) is 5.61. The molecule has 160 valence electrons. The minimum absolute atomic E-state index is 0.163. The van der Waals surface area contributed by atoms with Crippen molar-refractivity contribution in [3.63, 3.8) is 0 Å². The number of carbonyl (C=O) groups excluding carboxylic acids is 1. The van der Waals surface area contributed by atoms with E-state index in [2.05, 4.69) is 27.3 Å². The number of morpholine rings is 1. The normalized spacial score (nSPS) is 14.7. The molecule has 2 aromatic carbocycles. The Morgan fingerprint density at radius 2 is 1.74 bits per heavy atom. The van der Waals surface area contributed by atoms with Crippen molar-refractivity contribution >= 4 is 11.7 Å². The van der Waals surface area contributed by atoms with Crippen molar-refractivity contribution in [3.05, 3.63) is 78.5 Å². The van der Waals surface area contributed by atoms with Crippen molar-refractivity contribution in [2.24, 2.45) is 0 Å². The number of hydrogen-bond acceptors (Lipinski definition) is 5. The van der Waals surface area contributed by atoms with E-state index in [0.29, 0.717) is 12.3 Å². The molecule has 1 aliphatic rings. The monoisotopic (exact) mass is 417 g/mol. The molecule has 1 aromatic heterocycles. The van der Waals surface area contributed by atoms with Crippen molar-refractivity contribution in [1.29, 1.82) is 0 Å². The van der Waals surface area contributed by atoms with Gasteiger partial charge in [0.2, 0.25) is 0 Å². The van der Waals surface area contributed by atoms with Gasteiger partial charge in [-0.25, -0.2) is 4.98 Å². The van der Waals surface area contributed by atoms with E-state index in [-0.39, 0.29) is 5.91 Å². The SMILES string of the molecule is CC(Oc1ccc(-c2ccccc2)cc1)C(=O)NCc1ccc(N2CCOCC2)nc1. The number of aromatic nitrogens is 1. The third-order valence-corrected chi connectivity index (χ3v) is 5.25. The van der Waals surface area contributed by atoms with Gasteiger partial charge in [-0.3, -0.25) is 4.79 Å². The van der Waals surface area contributed by atoms with Gasteiger partial charge in [0.1, 0.15) is 11.6 Å². The number of hydrogen-bond donors (Lipinski definition) is 1. The molecule has 0 radical (unpaired) electrons. The molecule has 0 spiro atoms. The van der Waals surface area contributed by atoms with E-state index in [1.54, 1.807) is 13.1 Å². The number of carbonyl (C=O) groups is 1. The predicted octanol–water partition coefficient (Wildman–Crippen LogP) is 3.67. The highest BCUT2D eigenvalue weighted by Crippen LogP contribution is 2.22. The summed E-state index contributed by atoms with van der Waals surface area (Å²) in [5, 5.41) is 2.92. The zero-order chi connectivity index (χ0) is 21.5. The lowest BCUT2D eigenvalue weighted by Crippen LogP contribution is -2.37. The second kappa shape index (κ2) is 10.1. The summed E-state index contributed by atoms with van der Waals surface area (Å²) in [6.07, 6.45) is 1.21. The fraction of sp³-hybridized carbons (Fsp3) is 0.280. The Morgan fingerprint density at radius 1 is 1.03 bits per heavy atom. The van der Waals surface area contributed by atoms with Crippen LogP contribution < -0.4 is 15.0 Å². The van der Waals surface area contributed by atoms with Crippen molar-refractivity contribution in [2.45, 2.75) is 19.6 Å². The Bertz CT molecular complexity index is 969. The average molecular weight is 418 g/mol. The summed E-state index contributed by atoms with van der Waals surface area (Å²) in [6, 6.07) is 21.9. The van der Waals surface area contributed by atoms with Gasteiger partial charge in [0.25, 0.3) is 5.91 Å². The number of amides is 1. The second-order valence-corrected chi connectivity index (χ2v) is 7.49. The molecular weight excluding hydrogens is 390 g/mol. The Morgan fingerprint density at radius 3 is 2.42 bits per heavy atom. The Hall–Kier alpha value is -3.38. The summed E-state index contributed by atoms with van der Waals surface area (Å²) in [5.74, 6) is 1.44. The van der Waals surface area contributed by atoms with Crippen LogP contribution in [0.5, 0.6) is 5.75 Å². The van der Waals surface area contributed by atoms with Crippen molar-refractivity contribution in [3.8, 4) is 16.9 Å². The lowest BCUT2D eigenvalue weighted by atomic mass is 10.1. The van der Waals surface area contributed by atoms with Crippen LogP contribution in [0.25, 0.3) is 11.1 Å². The summed E-state index contributed by atoms with van der Waals surface area (Å²) < 4.78 is 11.2. The molecule has 1 N–H and O–H groups in total. The first-order chi connectivity index (χ1) is 15.2. The number of benzene rings is 2. The number of rotatable bonds is 7. The third-order valence-electron chi connectivity index (χ3n) is 5.25. The molecule has 4 rings (SSSR count). The van der Waals surface area contributed by atoms with Crippen LogP contribution >= 0.6 is 0 Å². The van der Waals surface area contributed by atoms with E-state index in [4.69, 9.17) is 9.47 Å². The quantitative estimate of drug-likeness (QED) is 0.636. The van der Waals surface area contributed by atoms with Crippen LogP contribution in [0.15, 0.2) is 72.9 Å². The topological polar surface area (TPSA) is 63.7 Å². The Balaban J connectivity index is 1.26. The van der Waals surface area contributed by atoms with Gasteiger partial charge >= 0.3 is 0 Å². The molecule has 2 heterocycles. The number of nitrogens with zero attached hydrogens (tertiary/aromatic N) is 2. The maximum atomic E-state index is 12.4. The van der Waals surface area contributed by atoms with Gasteiger partial charge in [-0.2, -0.15) is 0 Å². The predicted molar refractivity (Wildman–Crippen MR) is 121 cm³/mol. The van der Waals surface area contributed by atoms with E-state index in [0.717, 1.165) is 48.8 Å². The smallest absolute Gasteiger partial charge is 0.261 e. The van der Waals surface area contributed by atoms with Crippen LogP contribution in [-0.2, 0) is 16.1 Å². The molecule has 31 heavy (non-hydrogen) atoms. The Kier molecular flexibility index (Phi) is 6.79. The second-order valence-electron chi connectivity index (χ2n) is 7.49. The molecule has 0 aliphatic carbocycles. The minimum atomic E-state index is -0.594. The van der Waals surface area contributed by atoms with E-state index in [1.165, 1.54) is 0 Å². The molecule has 0 saturated carbocycles.